The number of urea groups is 1. The van der Waals surface area contributed by atoms with Gasteiger partial charge in [-0.05, 0) is 66.9 Å². The number of carbonyl (C=O) groups is 2. The van der Waals surface area contributed by atoms with Gasteiger partial charge in [0, 0.05) is 6.54 Å². The maximum absolute atomic E-state index is 13.4. The number of hydrogen-bond donors (Lipinski definition) is 1. The summed E-state index contributed by atoms with van der Waals surface area (Å²) < 4.78 is 40.5. The molecule has 0 aliphatic carbocycles. The molecule has 1 heterocycles. The lowest BCUT2D eigenvalue weighted by Crippen LogP contribution is -2.53. The Morgan fingerprint density at radius 2 is 1.61 bits per heavy atom. The van der Waals surface area contributed by atoms with Gasteiger partial charge in [-0.3, -0.25) is 9.69 Å². The number of para-hydroxylation sites is 1. The smallest absolute Gasteiger partial charge is 0.343 e. The summed E-state index contributed by atoms with van der Waals surface area (Å²) in [5, 5.41) is 2.69. The highest BCUT2D eigenvalue weighted by molar-refractivity contribution is 7.94. The lowest BCUT2D eigenvalue weighted by atomic mass is 10.1. The Labute approximate surface area is 191 Å². The van der Waals surface area contributed by atoms with Gasteiger partial charge in [0.25, 0.3) is 10.0 Å². The molecule has 33 heavy (non-hydrogen) atoms. The number of amides is 3. The van der Waals surface area contributed by atoms with E-state index in [0.29, 0.717) is 5.56 Å². The van der Waals surface area contributed by atoms with E-state index in [2.05, 4.69) is 5.32 Å². The maximum Gasteiger partial charge on any atom is 0.343 e. The Balaban J connectivity index is 1.66. The van der Waals surface area contributed by atoms with Crippen LogP contribution in [0.2, 0.25) is 0 Å². The van der Waals surface area contributed by atoms with Gasteiger partial charge in [0.1, 0.15) is 17.3 Å². The van der Waals surface area contributed by atoms with Gasteiger partial charge >= 0.3 is 6.03 Å². The van der Waals surface area contributed by atoms with E-state index in [-0.39, 0.29) is 35.2 Å². The van der Waals surface area contributed by atoms with E-state index in [9.17, 15) is 22.4 Å². The number of hydrogen-bond acceptors (Lipinski definition) is 4. The predicted molar refractivity (Wildman–Crippen MR) is 123 cm³/mol. The number of benzene rings is 3. The van der Waals surface area contributed by atoms with Gasteiger partial charge in [0.15, 0.2) is 0 Å². The van der Waals surface area contributed by atoms with Gasteiger partial charge in [-0.2, -0.15) is 4.31 Å². The molecular formula is C24H22FN3O4S. The Morgan fingerprint density at radius 1 is 0.970 bits per heavy atom. The fourth-order valence-electron chi connectivity index (χ4n) is 3.78. The van der Waals surface area contributed by atoms with Gasteiger partial charge in [0.05, 0.1) is 11.4 Å². The third kappa shape index (κ3) is 4.45. The number of carbonyl (C=O) groups excluding carboxylic acids is 2. The second-order valence-electron chi connectivity index (χ2n) is 7.85. The third-order valence-corrected chi connectivity index (χ3v) is 6.97. The van der Waals surface area contributed by atoms with E-state index >= 15 is 0 Å². The van der Waals surface area contributed by atoms with Crippen LogP contribution in [0.3, 0.4) is 0 Å². The van der Waals surface area contributed by atoms with E-state index in [1.807, 2.05) is 19.9 Å². The summed E-state index contributed by atoms with van der Waals surface area (Å²) in [4.78, 5) is 27.2. The fraction of sp³-hybridized carbons (Fsp3) is 0.167. The first-order chi connectivity index (χ1) is 15.7. The molecule has 0 fully saturated rings. The zero-order valence-electron chi connectivity index (χ0n) is 18.1. The van der Waals surface area contributed by atoms with Crippen molar-refractivity contribution in [2.45, 2.75) is 25.3 Å². The predicted octanol–water partition coefficient (Wildman–Crippen LogP) is 3.89. The summed E-state index contributed by atoms with van der Waals surface area (Å²) in [7, 11) is -4.17. The summed E-state index contributed by atoms with van der Waals surface area (Å²) in [5.41, 5.74) is 2.64. The van der Waals surface area contributed by atoms with Gasteiger partial charge in [-0.1, -0.05) is 30.3 Å². The molecule has 0 saturated heterocycles. The number of aryl methyl sites for hydroxylation is 2. The minimum absolute atomic E-state index is 0.0601. The monoisotopic (exact) mass is 467 g/mol. The first-order valence-corrected chi connectivity index (χ1v) is 11.7. The minimum atomic E-state index is -4.17. The quantitative estimate of drug-likeness (QED) is 0.617. The average molecular weight is 468 g/mol. The number of rotatable bonds is 5. The molecule has 9 heteroatoms. The molecule has 170 valence electrons. The molecule has 0 unspecified atom stereocenters. The molecule has 3 aromatic rings. The highest BCUT2D eigenvalue weighted by atomic mass is 32.2. The van der Waals surface area contributed by atoms with Crippen LogP contribution in [-0.4, -0.2) is 26.9 Å². The molecular weight excluding hydrogens is 445 g/mol. The van der Waals surface area contributed by atoms with Crippen LogP contribution in [0.25, 0.3) is 0 Å². The number of nitrogens with one attached hydrogen (secondary N) is 1. The molecule has 3 aromatic carbocycles. The standard InChI is InChI=1S/C24H22FN3O4S/c1-16-11-17(2)13-20(12-16)28-24(30)27(21-5-3-4-6-22(21)33(28,31)32)15-23(29)26-14-18-7-9-19(25)10-8-18/h3-13H,14-15H2,1-2H3,(H,26,29). The van der Waals surface area contributed by atoms with Crippen LogP contribution in [-0.2, 0) is 21.4 Å². The number of anilines is 2. The second-order valence-corrected chi connectivity index (χ2v) is 9.61. The third-order valence-electron chi connectivity index (χ3n) is 5.22. The fourth-order valence-corrected chi connectivity index (χ4v) is 5.36. The summed E-state index contributed by atoms with van der Waals surface area (Å²) in [5.74, 6) is -0.865. The minimum Gasteiger partial charge on any atom is -0.350 e. The van der Waals surface area contributed by atoms with Crippen LogP contribution in [0.5, 0.6) is 0 Å². The summed E-state index contributed by atoms with van der Waals surface area (Å²) in [6.45, 7) is 3.38. The lowest BCUT2D eigenvalue weighted by Gasteiger charge is -2.36. The van der Waals surface area contributed by atoms with Gasteiger partial charge in [-0.15, -0.1) is 0 Å². The van der Waals surface area contributed by atoms with Crippen LogP contribution >= 0.6 is 0 Å². The molecule has 0 saturated carbocycles. The van der Waals surface area contributed by atoms with Crippen molar-refractivity contribution in [1.82, 2.24) is 5.32 Å². The number of halogens is 1. The number of nitrogens with zero attached hydrogens (tertiary/aromatic N) is 2. The normalized spacial score (nSPS) is 14.7. The largest absolute Gasteiger partial charge is 0.350 e. The van der Waals surface area contributed by atoms with E-state index in [4.69, 9.17) is 0 Å². The SMILES string of the molecule is Cc1cc(C)cc(N2C(=O)N(CC(=O)NCc3ccc(F)cc3)c3ccccc3S2(=O)=O)c1. The van der Waals surface area contributed by atoms with Crippen molar-refractivity contribution in [1.29, 1.82) is 0 Å². The van der Waals surface area contributed by atoms with Crippen molar-refractivity contribution < 1.29 is 22.4 Å². The van der Waals surface area contributed by atoms with Crippen molar-refractivity contribution in [3.8, 4) is 0 Å². The maximum atomic E-state index is 13.4. The molecule has 4 rings (SSSR count). The summed E-state index contributed by atoms with van der Waals surface area (Å²) in [6.07, 6.45) is 0. The lowest BCUT2D eigenvalue weighted by molar-refractivity contribution is -0.119. The highest BCUT2D eigenvalue weighted by Crippen LogP contribution is 2.37. The average Bonchev–Trinajstić information content (AvgIpc) is 2.75. The van der Waals surface area contributed by atoms with E-state index in [1.165, 1.54) is 24.3 Å². The van der Waals surface area contributed by atoms with Crippen LogP contribution in [0.1, 0.15) is 16.7 Å². The molecule has 0 atom stereocenters. The molecule has 0 spiro atoms. The molecule has 7 nitrogen and oxygen atoms in total. The zero-order chi connectivity index (χ0) is 23.8. The van der Waals surface area contributed by atoms with Gasteiger partial charge < -0.3 is 5.32 Å². The Morgan fingerprint density at radius 3 is 2.27 bits per heavy atom. The second kappa shape index (κ2) is 8.67. The van der Waals surface area contributed by atoms with Crippen LogP contribution < -0.4 is 14.5 Å². The van der Waals surface area contributed by atoms with Crippen LogP contribution in [0.4, 0.5) is 20.6 Å². The van der Waals surface area contributed by atoms with E-state index in [1.54, 1.807) is 36.4 Å². The van der Waals surface area contributed by atoms with Crippen molar-refractivity contribution in [3.63, 3.8) is 0 Å². The number of sulfonamides is 1. The van der Waals surface area contributed by atoms with Crippen molar-refractivity contribution >= 4 is 33.3 Å². The molecule has 0 radical (unpaired) electrons. The molecule has 0 aromatic heterocycles. The van der Waals surface area contributed by atoms with Crippen molar-refractivity contribution in [2.24, 2.45) is 0 Å². The summed E-state index contributed by atoms with van der Waals surface area (Å²) >= 11 is 0. The molecule has 3 amide bonds. The summed E-state index contributed by atoms with van der Waals surface area (Å²) in [6, 6.07) is 16.0. The Bertz CT molecular complexity index is 1320. The molecule has 1 N–H and O–H groups in total. The Kier molecular flexibility index (Phi) is 5.90. The van der Waals surface area contributed by atoms with Gasteiger partial charge in [-0.25, -0.2) is 17.6 Å². The molecule has 0 bridgehead atoms. The highest BCUT2D eigenvalue weighted by Gasteiger charge is 2.43. The number of fused-ring (bicyclic) bond motifs is 1. The molecule has 1 aliphatic heterocycles. The molecule has 1 aliphatic rings. The van der Waals surface area contributed by atoms with Gasteiger partial charge in [0.2, 0.25) is 5.91 Å². The van der Waals surface area contributed by atoms with E-state index in [0.717, 1.165) is 20.3 Å². The van der Waals surface area contributed by atoms with Crippen LogP contribution in [0.15, 0.2) is 71.6 Å². The van der Waals surface area contributed by atoms with Crippen molar-refractivity contribution in [2.75, 3.05) is 15.7 Å². The zero-order valence-corrected chi connectivity index (χ0v) is 18.9. The topological polar surface area (TPSA) is 86.8 Å². The van der Waals surface area contributed by atoms with E-state index < -0.39 is 22.0 Å². The van der Waals surface area contributed by atoms with Crippen molar-refractivity contribution in [3.05, 3.63) is 89.2 Å². The first-order valence-electron chi connectivity index (χ1n) is 10.2. The van der Waals surface area contributed by atoms with Crippen LogP contribution in [0, 0.1) is 19.7 Å². The first kappa shape index (κ1) is 22.5. The Hall–Kier alpha value is -3.72.